The smallest absolute Gasteiger partial charge is 0.313 e. The number of aliphatic hydroxyl groups is 2. The fraction of sp³-hybridized carbons (Fsp3) is 0.406. The molecule has 0 saturated carbocycles. The van der Waals surface area contributed by atoms with E-state index in [1.165, 1.54) is 13.8 Å². The third-order valence-electron chi connectivity index (χ3n) is 7.70. The number of carbonyl (C=O) groups is 1. The molecule has 1 aliphatic heterocycles. The molecule has 0 spiro atoms. The van der Waals surface area contributed by atoms with Crippen molar-refractivity contribution in [2.45, 2.75) is 56.7 Å². The standard InChI is InChI=1S/C32H39NO4/c1-31(2,30(35)36)25-17-15-24(16-18-25)29(34)14-9-21-33-22-19-28(20-23-33)32(37,26-10-5-3-6-11-26)27-12-7-4-8-13-27/h3-8,10-13,15-18,28-29,34,37H,9,14,19-23H2,1-2H3,(H,35,36)/i15D,16D,17D,18D. The molecule has 3 N–H and O–H groups in total. The van der Waals surface area contributed by atoms with E-state index >= 15 is 0 Å². The Morgan fingerprint density at radius 1 is 0.946 bits per heavy atom. The molecule has 1 saturated heterocycles. The van der Waals surface area contributed by atoms with Gasteiger partial charge in [-0.25, -0.2) is 0 Å². The second-order valence-electron chi connectivity index (χ2n) is 10.5. The average Bonchev–Trinajstić information content (AvgIpc) is 2.97. The van der Waals surface area contributed by atoms with Gasteiger partial charge in [-0.1, -0.05) is 84.8 Å². The summed E-state index contributed by atoms with van der Waals surface area (Å²) in [6.45, 7) is 4.94. The van der Waals surface area contributed by atoms with Gasteiger partial charge in [-0.05, 0) is 87.3 Å². The summed E-state index contributed by atoms with van der Waals surface area (Å²) in [7, 11) is 0. The fourth-order valence-electron chi connectivity index (χ4n) is 5.16. The molecule has 0 radical (unpaired) electrons. The van der Waals surface area contributed by atoms with E-state index in [-0.39, 0.29) is 23.5 Å². The third kappa shape index (κ3) is 5.96. The van der Waals surface area contributed by atoms with E-state index in [1.54, 1.807) is 0 Å². The lowest BCUT2D eigenvalue weighted by atomic mass is 9.72. The van der Waals surface area contributed by atoms with Crippen LogP contribution in [0.4, 0.5) is 0 Å². The minimum Gasteiger partial charge on any atom is -0.481 e. The molecule has 3 aromatic carbocycles. The van der Waals surface area contributed by atoms with Crippen molar-refractivity contribution in [1.82, 2.24) is 4.90 Å². The second kappa shape index (κ2) is 11.6. The van der Waals surface area contributed by atoms with Crippen molar-refractivity contribution in [2.75, 3.05) is 19.6 Å². The first-order valence-electron chi connectivity index (χ1n) is 15.0. The Hall–Kier alpha value is -2.99. The summed E-state index contributed by atoms with van der Waals surface area (Å²) < 4.78 is 33.5. The summed E-state index contributed by atoms with van der Waals surface area (Å²) in [6, 6.07) is 17.9. The maximum absolute atomic E-state index is 12.1. The zero-order valence-electron chi connectivity index (χ0n) is 25.6. The van der Waals surface area contributed by atoms with Crippen LogP contribution in [0.15, 0.2) is 84.8 Å². The van der Waals surface area contributed by atoms with Crippen molar-refractivity contribution >= 4 is 5.97 Å². The number of carboxylic acid groups (broad SMARTS) is 1. The molecular formula is C32H39NO4. The number of aliphatic carboxylic acids is 1. The van der Waals surface area contributed by atoms with Crippen LogP contribution in [-0.2, 0) is 15.8 Å². The summed E-state index contributed by atoms with van der Waals surface area (Å²) in [4.78, 5) is 14.0. The summed E-state index contributed by atoms with van der Waals surface area (Å²) >= 11 is 0. The normalized spacial score (nSPS) is 17.9. The maximum Gasteiger partial charge on any atom is 0.313 e. The minimum atomic E-state index is -1.61. The fourth-order valence-corrected chi connectivity index (χ4v) is 5.16. The Morgan fingerprint density at radius 3 is 1.95 bits per heavy atom. The van der Waals surface area contributed by atoms with E-state index in [1.807, 2.05) is 60.7 Å². The monoisotopic (exact) mass is 505 g/mol. The molecule has 1 heterocycles. The van der Waals surface area contributed by atoms with Crippen LogP contribution in [0.5, 0.6) is 0 Å². The van der Waals surface area contributed by atoms with E-state index in [2.05, 4.69) is 4.90 Å². The molecule has 0 aliphatic carbocycles. The summed E-state index contributed by atoms with van der Waals surface area (Å²) in [5.41, 5.74) is -1.23. The topological polar surface area (TPSA) is 81.0 Å². The molecule has 3 aromatic rings. The van der Waals surface area contributed by atoms with Crippen LogP contribution in [0, 0.1) is 5.92 Å². The van der Waals surface area contributed by atoms with Crippen molar-refractivity contribution in [3.05, 3.63) is 107 Å². The van der Waals surface area contributed by atoms with Gasteiger partial charge in [-0.3, -0.25) is 4.79 Å². The predicted octanol–water partition coefficient (Wildman–Crippen LogP) is 5.51. The van der Waals surface area contributed by atoms with Crippen molar-refractivity contribution in [3.8, 4) is 0 Å². The van der Waals surface area contributed by atoms with Gasteiger partial charge >= 0.3 is 5.97 Å². The first-order chi connectivity index (χ1) is 19.4. The molecule has 1 unspecified atom stereocenters. The number of aliphatic hydroxyl groups excluding tert-OH is 1. The van der Waals surface area contributed by atoms with Crippen molar-refractivity contribution < 1.29 is 25.6 Å². The van der Waals surface area contributed by atoms with Crippen LogP contribution in [0.1, 0.15) is 73.4 Å². The predicted molar refractivity (Wildman–Crippen MR) is 146 cm³/mol. The quantitative estimate of drug-likeness (QED) is 0.339. The lowest BCUT2D eigenvalue weighted by Gasteiger charge is -2.42. The Morgan fingerprint density at radius 2 is 1.46 bits per heavy atom. The zero-order chi connectivity index (χ0) is 29.9. The molecule has 0 aromatic heterocycles. The van der Waals surface area contributed by atoms with Crippen LogP contribution < -0.4 is 0 Å². The highest BCUT2D eigenvalue weighted by Gasteiger charge is 2.41. The van der Waals surface area contributed by atoms with Crippen molar-refractivity contribution in [3.63, 3.8) is 0 Å². The molecule has 196 valence electrons. The molecule has 5 nitrogen and oxygen atoms in total. The average molecular weight is 506 g/mol. The van der Waals surface area contributed by atoms with Gasteiger partial charge in [-0.2, -0.15) is 0 Å². The molecule has 4 rings (SSSR count). The van der Waals surface area contributed by atoms with E-state index in [9.17, 15) is 20.1 Å². The molecule has 1 fully saturated rings. The first kappa shape index (κ1) is 22.0. The Balaban J connectivity index is 1.41. The van der Waals surface area contributed by atoms with Crippen molar-refractivity contribution in [1.29, 1.82) is 0 Å². The van der Waals surface area contributed by atoms with Gasteiger partial charge < -0.3 is 20.2 Å². The Labute approximate surface area is 226 Å². The highest BCUT2D eigenvalue weighted by Crippen LogP contribution is 2.42. The SMILES string of the molecule is [2H]c1c([2H])c(C(C)(C)C(=O)O)c([2H])c([2H])c1C(O)CCCN1CCC(C(O)(c2ccccc2)c2ccccc2)CC1. The lowest BCUT2D eigenvalue weighted by molar-refractivity contribution is -0.142. The van der Waals surface area contributed by atoms with Crippen LogP contribution >= 0.6 is 0 Å². The number of hydrogen-bond donors (Lipinski definition) is 3. The Bertz CT molecular complexity index is 1290. The van der Waals surface area contributed by atoms with Crippen LogP contribution in [0.2, 0.25) is 0 Å². The molecule has 5 heteroatoms. The molecule has 0 amide bonds. The van der Waals surface area contributed by atoms with Crippen LogP contribution in [-0.4, -0.2) is 45.8 Å². The van der Waals surface area contributed by atoms with Gasteiger partial charge in [0.2, 0.25) is 0 Å². The van der Waals surface area contributed by atoms with E-state index in [0.29, 0.717) is 13.0 Å². The van der Waals surface area contributed by atoms with Gasteiger partial charge in [0.25, 0.3) is 0 Å². The Kier molecular flexibility index (Phi) is 6.91. The van der Waals surface area contributed by atoms with Gasteiger partial charge in [-0.15, -0.1) is 0 Å². The maximum atomic E-state index is 12.1. The van der Waals surface area contributed by atoms with Crippen molar-refractivity contribution in [2.24, 2.45) is 5.92 Å². The van der Waals surface area contributed by atoms with E-state index in [0.717, 1.165) is 37.1 Å². The van der Waals surface area contributed by atoms with Gasteiger partial charge in [0.05, 0.1) is 17.0 Å². The molecule has 1 aliphatic rings. The van der Waals surface area contributed by atoms with E-state index < -0.39 is 47.3 Å². The number of likely N-dealkylation sites (tertiary alicyclic amines) is 1. The first-order valence-corrected chi connectivity index (χ1v) is 13.0. The molecule has 0 bridgehead atoms. The number of carboxylic acids is 1. The number of piperidine rings is 1. The minimum absolute atomic E-state index is 0.0328. The number of nitrogens with zero attached hydrogens (tertiary/aromatic N) is 1. The summed E-state index contributed by atoms with van der Waals surface area (Å²) in [5.74, 6) is -1.22. The zero-order valence-corrected chi connectivity index (χ0v) is 21.6. The van der Waals surface area contributed by atoms with Crippen LogP contribution in [0.3, 0.4) is 0 Å². The summed E-state index contributed by atoms with van der Waals surface area (Å²) in [6.07, 6.45) is 1.21. The molecule has 37 heavy (non-hydrogen) atoms. The van der Waals surface area contributed by atoms with Crippen LogP contribution in [0.25, 0.3) is 0 Å². The third-order valence-corrected chi connectivity index (χ3v) is 7.70. The number of hydrogen-bond acceptors (Lipinski definition) is 4. The largest absolute Gasteiger partial charge is 0.481 e. The highest BCUT2D eigenvalue weighted by molar-refractivity contribution is 5.80. The molecular weight excluding hydrogens is 462 g/mol. The second-order valence-corrected chi connectivity index (χ2v) is 10.5. The number of benzene rings is 3. The summed E-state index contributed by atoms with van der Waals surface area (Å²) in [5, 5.41) is 32.5. The van der Waals surface area contributed by atoms with E-state index in [4.69, 9.17) is 5.48 Å². The number of rotatable bonds is 10. The van der Waals surface area contributed by atoms with Gasteiger partial charge in [0, 0.05) is 0 Å². The van der Waals surface area contributed by atoms with Gasteiger partial charge in [0.15, 0.2) is 0 Å². The van der Waals surface area contributed by atoms with Gasteiger partial charge in [0.1, 0.15) is 5.60 Å². The highest BCUT2D eigenvalue weighted by atomic mass is 16.4. The lowest BCUT2D eigenvalue weighted by Crippen LogP contribution is -2.44. The molecule has 1 atom stereocenters.